The zero-order valence-corrected chi connectivity index (χ0v) is 9.72. The fraction of sp³-hybridized carbons (Fsp3) is 0.500. The van der Waals surface area contributed by atoms with E-state index in [4.69, 9.17) is 10.3 Å². The van der Waals surface area contributed by atoms with Crippen molar-refractivity contribution in [3.05, 3.63) is 35.2 Å². The summed E-state index contributed by atoms with van der Waals surface area (Å²) in [4.78, 5) is 4.46. The number of fused-ring (bicyclic) bond motifs is 1. The van der Waals surface area contributed by atoms with Gasteiger partial charge in [-0.25, -0.2) is 4.98 Å². The van der Waals surface area contributed by atoms with Crippen LogP contribution < -0.4 is 5.73 Å². The zero-order chi connectivity index (χ0) is 11.7. The number of hydrogen-bond donors (Lipinski definition) is 1. The molecule has 17 heavy (non-hydrogen) atoms. The predicted molar refractivity (Wildman–Crippen MR) is 62.4 cm³/mol. The lowest BCUT2D eigenvalue weighted by atomic mass is 10.0. The van der Waals surface area contributed by atoms with Gasteiger partial charge in [0.1, 0.15) is 0 Å². The van der Waals surface area contributed by atoms with Crippen molar-refractivity contribution in [3.63, 3.8) is 0 Å². The number of nitrogens with zero attached hydrogens (tertiary/aromatic N) is 3. The summed E-state index contributed by atoms with van der Waals surface area (Å²) in [5, 5.41) is 3.89. The minimum atomic E-state index is 0.422. The van der Waals surface area contributed by atoms with Crippen molar-refractivity contribution in [2.24, 2.45) is 5.73 Å². The monoisotopic (exact) mass is 232 g/mol. The number of imidazole rings is 1. The summed E-state index contributed by atoms with van der Waals surface area (Å²) in [5.41, 5.74) is 8.90. The molecule has 0 saturated heterocycles. The Labute approximate surface area is 99.6 Å². The maximum atomic E-state index is 5.51. The van der Waals surface area contributed by atoms with Gasteiger partial charge in [0.2, 0.25) is 0 Å². The van der Waals surface area contributed by atoms with Crippen LogP contribution >= 0.6 is 0 Å². The number of hydrogen-bond acceptors (Lipinski definition) is 4. The van der Waals surface area contributed by atoms with Crippen molar-refractivity contribution < 1.29 is 4.52 Å². The highest BCUT2D eigenvalue weighted by molar-refractivity contribution is 5.18. The fourth-order valence-corrected chi connectivity index (χ4v) is 2.36. The van der Waals surface area contributed by atoms with Gasteiger partial charge in [-0.1, -0.05) is 5.16 Å². The first-order valence-electron chi connectivity index (χ1n) is 6.04. The summed E-state index contributed by atoms with van der Waals surface area (Å²) < 4.78 is 7.40. The van der Waals surface area contributed by atoms with Crippen LogP contribution in [0.25, 0.3) is 0 Å². The third-order valence-corrected chi connectivity index (χ3v) is 3.25. The molecular formula is C12H16N4O. The number of rotatable bonds is 3. The van der Waals surface area contributed by atoms with Gasteiger partial charge in [-0.2, -0.15) is 0 Å². The van der Waals surface area contributed by atoms with E-state index in [0.717, 1.165) is 24.3 Å². The van der Waals surface area contributed by atoms with Crippen molar-refractivity contribution in [2.75, 3.05) is 0 Å². The highest BCUT2D eigenvalue weighted by Gasteiger charge is 2.16. The van der Waals surface area contributed by atoms with E-state index in [1.165, 1.54) is 24.2 Å². The Kier molecular flexibility index (Phi) is 2.68. The molecule has 2 aromatic rings. The van der Waals surface area contributed by atoms with E-state index in [1.807, 2.05) is 12.4 Å². The lowest BCUT2D eigenvalue weighted by Crippen LogP contribution is -2.08. The molecule has 2 aromatic heterocycles. The quantitative estimate of drug-likeness (QED) is 0.864. The molecule has 1 aliphatic carbocycles. The molecule has 90 valence electrons. The maximum Gasteiger partial charge on any atom is 0.156 e. The first-order chi connectivity index (χ1) is 8.36. The second-order valence-corrected chi connectivity index (χ2v) is 4.46. The minimum Gasteiger partial charge on any atom is -0.359 e. The van der Waals surface area contributed by atoms with Gasteiger partial charge in [0.05, 0.1) is 24.3 Å². The SMILES string of the molecule is NCc1cc(Cn2cnc3c2CCCC3)on1. The van der Waals surface area contributed by atoms with E-state index in [0.29, 0.717) is 13.1 Å². The highest BCUT2D eigenvalue weighted by Crippen LogP contribution is 2.20. The third-order valence-electron chi connectivity index (χ3n) is 3.25. The van der Waals surface area contributed by atoms with Gasteiger partial charge >= 0.3 is 0 Å². The molecule has 5 nitrogen and oxygen atoms in total. The summed E-state index contributed by atoms with van der Waals surface area (Å²) >= 11 is 0. The molecule has 0 aliphatic heterocycles. The van der Waals surface area contributed by atoms with Crippen LogP contribution in [-0.4, -0.2) is 14.7 Å². The summed E-state index contributed by atoms with van der Waals surface area (Å²) in [6.45, 7) is 1.13. The molecular weight excluding hydrogens is 216 g/mol. The Balaban J connectivity index is 1.82. The molecule has 0 saturated carbocycles. The summed E-state index contributed by atoms with van der Waals surface area (Å²) in [7, 11) is 0. The largest absolute Gasteiger partial charge is 0.359 e. The Morgan fingerprint density at radius 2 is 2.24 bits per heavy atom. The van der Waals surface area contributed by atoms with E-state index >= 15 is 0 Å². The molecule has 0 unspecified atom stereocenters. The van der Waals surface area contributed by atoms with Crippen molar-refractivity contribution in [1.82, 2.24) is 14.7 Å². The third kappa shape index (κ3) is 1.98. The number of aromatic nitrogens is 3. The topological polar surface area (TPSA) is 69.9 Å². The first kappa shape index (κ1) is 10.5. The molecule has 0 radical (unpaired) electrons. The normalized spacial score (nSPS) is 14.9. The van der Waals surface area contributed by atoms with Gasteiger partial charge in [0, 0.05) is 18.3 Å². The maximum absolute atomic E-state index is 5.51. The molecule has 2 N–H and O–H groups in total. The lowest BCUT2D eigenvalue weighted by Gasteiger charge is -2.12. The molecule has 2 heterocycles. The van der Waals surface area contributed by atoms with E-state index in [9.17, 15) is 0 Å². The Morgan fingerprint density at radius 1 is 1.35 bits per heavy atom. The van der Waals surface area contributed by atoms with Crippen molar-refractivity contribution in [2.45, 2.75) is 38.8 Å². The van der Waals surface area contributed by atoms with Crippen molar-refractivity contribution in [1.29, 1.82) is 0 Å². The van der Waals surface area contributed by atoms with Crippen LogP contribution in [0.5, 0.6) is 0 Å². The second-order valence-electron chi connectivity index (χ2n) is 4.46. The Morgan fingerprint density at radius 3 is 3.06 bits per heavy atom. The Hall–Kier alpha value is -1.62. The highest BCUT2D eigenvalue weighted by atomic mass is 16.5. The van der Waals surface area contributed by atoms with Crippen LogP contribution in [-0.2, 0) is 25.9 Å². The van der Waals surface area contributed by atoms with Gasteiger partial charge in [-0.05, 0) is 25.7 Å². The molecule has 0 amide bonds. The summed E-state index contributed by atoms with van der Waals surface area (Å²) in [6.07, 6.45) is 6.63. The molecule has 0 bridgehead atoms. The van der Waals surface area contributed by atoms with E-state index < -0.39 is 0 Å². The lowest BCUT2D eigenvalue weighted by molar-refractivity contribution is 0.369. The molecule has 0 fully saturated rings. The van der Waals surface area contributed by atoms with Crippen LogP contribution in [0, 0.1) is 0 Å². The minimum absolute atomic E-state index is 0.422. The molecule has 0 spiro atoms. The summed E-state index contributed by atoms with van der Waals surface area (Å²) in [5.74, 6) is 0.844. The van der Waals surface area contributed by atoms with Gasteiger partial charge < -0.3 is 14.8 Å². The molecule has 0 atom stereocenters. The molecule has 5 heteroatoms. The van der Waals surface area contributed by atoms with E-state index in [-0.39, 0.29) is 0 Å². The van der Waals surface area contributed by atoms with E-state index in [1.54, 1.807) is 0 Å². The predicted octanol–water partition coefficient (Wildman–Crippen LogP) is 1.26. The van der Waals surface area contributed by atoms with Crippen molar-refractivity contribution >= 4 is 0 Å². The molecule has 1 aliphatic rings. The Bertz CT molecular complexity index is 514. The number of nitrogens with two attached hydrogens (primary N) is 1. The average Bonchev–Trinajstić information content (AvgIpc) is 2.97. The standard InChI is InChI=1S/C12H16N4O/c13-6-9-5-10(17-15-9)7-16-8-14-11-3-1-2-4-12(11)16/h5,8H,1-4,6-7,13H2. The zero-order valence-electron chi connectivity index (χ0n) is 9.72. The van der Waals surface area contributed by atoms with Crippen LogP contribution in [0.1, 0.15) is 35.7 Å². The van der Waals surface area contributed by atoms with Gasteiger partial charge in [-0.15, -0.1) is 0 Å². The van der Waals surface area contributed by atoms with Gasteiger partial charge in [0.25, 0.3) is 0 Å². The molecule has 3 rings (SSSR count). The smallest absolute Gasteiger partial charge is 0.156 e. The van der Waals surface area contributed by atoms with E-state index in [2.05, 4.69) is 14.7 Å². The second kappa shape index (κ2) is 4.33. The average molecular weight is 232 g/mol. The van der Waals surface area contributed by atoms with Crippen LogP contribution in [0.15, 0.2) is 16.9 Å². The molecule has 0 aromatic carbocycles. The van der Waals surface area contributed by atoms with Crippen LogP contribution in [0.4, 0.5) is 0 Å². The fourth-order valence-electron chi connectivity index (χ4n) is 2.36. The first-order valence-corrected chi connectivity index (χ1v) is 6.04. The summed E-state index contributed by atoms with van der Waals surface area (Å²) in [6, 6.07) is 1.91. The van der Waals surface area contributed by atoms with Crippen LogP contribution in [0.2, 0.25) is 0 Å². The van der Waals surface area contributed by atoms with Gasteiger partial charge in [-0.3, -0.25) is 0 Å². The van der Waals surface area contributed by atoms with Gasteiger partial charge in [0.15, 0.2) is 5.76 Å². The number of aryl methyl sites for hydroxylation is 1. The van der Waals surface area contributed by atoms with Crippen LogP contribution in [0.3, 0.4) is 0 Å². The van der Waals surface area contributed by atoms with Crippen molar-refractivity contribution in [3.8, 4) is 0 Å².